The number of aromatic nitrogens is 3. The predicted molar refractivity (Wildman–Crippen MR) is 99.5 cm³/mol. The minimum Gasteiger partial charge on any atom is -0.496 e. The monoisotopic (exact) mass is 342 g/mol. The van der Waals surface area contributed by atoms with Crippen LogP contribution in [0.25, 0.3) is 0 Å². The molecule has 0 aliphatic rings. The van der Waals surface area contributed by atoms with Gasteiger partial charge in [-0.15, -0.1) is 16.8 Å². The topological polar surface area (TPSA) is 67.6 Å². The molecule has 1 aromatic heterocycles. The molecule has 25 heavy (non-hydrogen) atoms. The molecular weight excluding hydrogens is 316 g/mol. The van der Waals surface area contributed by atoms with Crippen LogP contribution in [0.1, 0.15) is 17.2 Å². The molecule has 0 bridgehead atoms. The number of nitrogens with zero attached hydrogens (tertiary/aromatic N) is 5. The van der Waals surface area contributed by atoms with Crippen molar-refractivity contribution in [1.82, 2.24) is 25.0 Å². The number of guanidine groups is 1. The van der Waals surface area contributed by atoms with E-state index in [0.717, 1.165) is 28.9 Å². The normalized spacial score (nSPS) is 11.3. The molecule has 1 heterocycles. The first-order valence-electron chi connectivity index (χ1n) is 8.14. The Labute approximate surface area is 149 Å². The fourth-order valence-electron chi connectivity index (χ4n) is 2.37. The van der Waals surface area contributed by atoms with Crippen molar-refractivity contribution in [2.75, 3.05) is 20.7 Å². The van der Waals surface area contributed by atoms with Crippen molar-refractivity contribution in [1.29, 1.82) is 0 Å². The molecule has 0 radical (unpaired) electrons. The minimum absolute atomic E-state index is 0.451. The highest BCUT2D eigenvalue weighted by atomic mass is 16.5. The SMILES string of the molecule is C=CCNC(=NCc1nnc(C)n1C)N(C)Cc1ccccc1OC. The van der Waals surface area contributed by atoms with E-state index in [0.29, 0.717) is 19.6 Å². The summed E-state index contributed by atoms with van der Waals surface area (Å²) >= 11 is 0. The number of ether oxygens (including phenoxy) is 1. The zero-order chi connectivity index (χ0) is 18.2. The van der Waals surface area contributed by atoms with E-state index in [9.17, 15) is 0 Å². The van der Waals surface area contributed by atoms with Crippen molar-refractivity contribution < 1.29 is 4.74 Å². The zero-order valence-electron chi connectivity index (χ0n) is 15.4. The highest BCUT2D eigenvalue weighted by molar-refractivity contribution is 5.79. The Morgan fingerprint density at radius 3 is 2.80 bits per heavy atom. The average Bonchev–Trinajstić information content (AvgIpc) is 2.94. The summed E-state index contributed by atoms with van der Waals surface area (Å²) < 4.78 is 7.37. The second kappa shape index (κ2) is 8.86. The smallest absolute Gasteiger partial charge is 0.194 e. The van der Waals surface area contributed by atoms with Gasteiger partial charge in [-0.25, -0.2) is 4.99 Å². The number of para-hydroxylation sites is 1. The van der Waals surface area contributed by atoms with Gasteiger partial charge in [0.15, 0.2) is 11.8 Å². The van der Waals surface area contributed by atoms with Gasteiger partial charge in [0, 0.05) is 32.7 Å². The highest BCUT2D eigenvalue weighted by Gasteiger charge is 2.11. The maximum atomic E-state index is 5.43. The quantitative estimate of drug-likeness (QED) is 0.473. The lowest BCUT2D eigenvalue weighted by molar-refractivity contribution is 0.396. The van der Waals surface area contributed by atoms with E-state index >= 15 is 0 Å². The molecule has 0 spiro atoms. The summed E-state index contributed by atoms with van der Waals surface area (Å²) in [4.78, 5) is 6.72. The van der Waals surface area contributed by atoms with Crippen LogP contribution < -0.4 is 10.1 Å². The van der Waals surface area contributed by atoms with Gasteiger partial charge in [-0.05, 0) is 13.0 Å². The Bertz CT molecular complexity index is 737. The molecule has 134 valence electrons. The number of hydrogen-bond donors (Lipinski definition) is 1. The van der Waals surface area contributed by atoms with Gasteiger partial charge in [-0.2, -0.15) is 0 Å². The molecule has 0 unspecified atom stereocenters. The molecule has 0 atom stereocenters. The fourth-order valence-corrected chi connectivity index (χ4v) is 2.37. The lowest BCUT2D eigenvalue weighted by atomic mass is 10.2. The number of methoxy groups -OCH3 is 1. The van der Waals surface area contributed by atoms with E-state index in [2.05, 4.69) is 27.1 Å². The van der Waals surface area contributed by atoms with Gasteiger partial charge in [0.25, 0.3) is 0 Å². The van der Waals surface area contributed by atoms with Crippen molar-refractivity contribution in [3.05, 3.63) is 54.1 Å². The number of hydrogen-bond acceptors (Lipinski definition) is 4. The van der Waals surface area contributed by atoms with Gasteiger partial charge in [-0.1, -0.05) is 24.3 Å². The molecular formula is C18H26N6O. The van der Waals surface area contributed by atoms with Crippen LogP contribution >= 0.6 is 0 Å². The summed E-state index contributed by atoms with van der Waals surface area (Å²) in [5.41, 5.74) is 1.09. The molecule has 1 N–H and O–H groups in total. The first kappa shape index (κ1) is 18.5. The number of nitrogens with one attached hydrogen (secondary N) is 1. The summed E-state index contributed by atoms with van der Waals surface area (Å²) in [6.07, 6.45) is 1.80. The lowest BCUT2D eigenvalue weighted by Gasteiger charge is -2.23. The van der Waals surface area contributed by atoms with Crippen molar-refractivity contribution in [2.45, 2.75) is 20.0 Å². The van der Waals surface area contributed by atoms with Crippen LogP contribution in [0.15, 0.2) is 41.9 Å². The summed E-state index contributed by atoms with van der Waals surface area (Å²) in [7, 11) is 5.61. The molecule has 0 fully saturated rings. The third-order valence-electron chi connectivity index (χ3n) is 3.92. The molecule has 7 nitrogen and oxygen atoms in total. The summed E-state index contributed by atoms with van der Waals surface area (Å²) in [6, 6.07) is 7.97. The molecule has 1 aromatic carbocycles. The predicted octanol–water partition coefficient (Wildman–Crippen LogP) is 1.90. The second-order valence-corrected chi connectivity index (χ2v) is 5.70. The number of benzene rings is 1. The van der Waals surface area contributed by atoms with E-state index in [1.165, 1.54) is 0 Å². The molecule has 0 aliphatic heterocycles. The number of aliphatic imine (C=N–C) groups is 1. The maximum absolute atomic E-state index is 5.43. The molecule has 0 aliphatic carbocycles. The molecule has 2 rings (SSSR count). The van der Waals surface area contributed by atoms with Crippen LogP contribution in [-0.2, 0) is 20.1 Å². The summed E-state index contributed by atoms with van der Waals surface area (Å²) in [6.45, 7) is 7.43. The second-order valence-electron chi connectivity index (χ2n) is 5.70. The molecule has 0 saturated carbocycles. The van der Waals surface area contributed by atoms with Gasteiger partial charge in [0.2, 0.25) is 0 Å². The minimum atomic E-state index is 0.451. The maximum Gasteiger partial charge on any atom is 0.194 e. The van der Waals surface area contributed by atoms with E-state index in [-0.39, 0.29) is 0 Å². The van der Waals surface area contributed by atoms with E-state index in [1.807, 2.05) is 54.8 Å². The van der Waals surface area contributed by atoms with Gasteiger partial charge >= 0.3 is 0 Å². The average molecular weight is 342 g/mol. The van der Waals surface area contributed by atoms with Crippen LogP contribution in [0.2, 0.25) is 0 Å². The van der Waals surface area contributed by atoms with Crippen LogP contribution in [0.3, 0.4) is 0 Å². The highest BCUT2D eigenvalue weighted by Crippen LogP contribution is 2.18. The van der Waals surface area contributed by atoms with Crippen LogP contribution in [0, 0.1) is 6.92 Å². The Hall–Kier alpha value is -2.83. The molecule has 7 heteroatoms. The fraction of sp³-hybridized carbons (Fsp3) is 0.389. The van der Waals surface area contributed by atoms with Crippen molar-refractivity contribution in [2.24, 2.45) is 12.0 Å². The number of rotatable bonds is 7. The number of aryl methyl sites for hydroxylation is 1. The van der Waals surface area contributed by atoms with Gasteiger partial charge in [0.1, 0.15) is 18.1 Å². The van der Waals surface area contributed by atoms with Gasteiger partial charge in [-0.3, -0.25) is 0 Å². The van der Waals surface area contributed by atoms with E-state index in [4.69, 9.17) is 4.74 Å². The largest absolute Gasteiger partial charge is 0.496 e. The van der Waals surface area contributed by atoms with Gasteiger partial charge < -0.3 is 19.5 Å². The lowest BCUT2D eigenvalue weighted by Crippen LogP contribution is -2.38. The zero-order valence-corrected chi connectivity index (χ0v) is 15.4. The van der Waals surface area contributed by atoms with Crippen molar-refractivity contribution in [3.63, 3.8) is 0 Å². The van der Waals surface area contributed by atoms with Crippen LogP contribution in [0.5, 0.6) is 5.75 Å². The third-order valence-corrected chi connectivity index (χ3v) is 3.92. The van der Waals surface area contributed by atoms with E-state index in [1.54, 1.807) is 13.2 Å². The molecule has 0 saturated heterocycles. The first-order chi connectivity index (χ1) is 12.1. The van der Waals surface area contributed by atoms with Crippen molar-refractivity contribution >= 4 is 5.96 Å². The Morgan fingerprint density at radius 2 is 2.16 bits per heavy atom. The molecule has 2 aromatic rings. The Kier molecular flexibility index (Phi) is 6.56. The Morgan fingerprint density at radius 1 is 1.40 bits per heavy atom. The third kappa shape index (κ3) is 4.82. The molecule has 0 amide bonds. The standard InChI is InChI=1S/C18H26N6O/c1-6-11-19-18(20-12-17-22-21-14(2)24(17)4)23(3)13-15-9-7-8-10-16(15)25-5/h6-10H,1,11-13H2,2-5H3,(H,19,20). The van der Waals surface area contributed by atoms with Gasteiger partial charge in [0.05, 0.1) is 7.11 Å². The first-order valence-corrected chi connectivity index (χ1v) is 8.14. The van der Waals surface area contributed by atoms with Crippen molar-refractivity contribution in [3.8, 4) is 5.75 Å². The van der Waals surface area contributed by atoms with E-state index < -0.39 is 0 Å². The summed E-state index contributed by atoms with van der Waals surface area (Å²) in [5.74, 6) is 3.32. The summed E-state index contributed by atoms with van der Waals surface area (Å²) in [5, 5.41) is 11.5. The van der Waals surface area contributed by atoms with Crippen LogP contribution in [-0.4, -0.2) is 46.3 Å². The van der Waals surface area contributed by atoms with Crippen LogP contribution in [0.4, 0.5) is 0 Å². The Balaban J connectivity index is 2.16.